The van der Waals surface area contributed by atoms with Crippen molar-refractivity contribution >= 4 is 38.2 Å². The molecule has 46 heavy (non-hydrogen) atoms. The van der Waals surface area contributed by atoms with Crippen molar-refractivity contribution in [2.24, 2.45) is 0 Å². The fourth-order valence-corrected chi connectivity index (χ4v) is 8.77. The van der Waals surface area contributed by atoms with E-state index in [4.69, 9.17) is 0 Å². The monoisotopic (exact) mass is 672 g/mol. The van der Waals surface area contributed by atoms with Crippen LogP contribution in [0.5, 0.6) is 0 Å². The summed E-state index contributed by atoms with van der Waals surface area (Å²) in [4.78, 5) is 0. The van der Waals surface area contributed by atoms with Gasteiger partial charge in [-0.2, -0.15) is 0 Å². The number of alkyl halides is 1. The van der Waals surface area contributed by atoms with Crippen LogP contribution >= 0.6 is 15.9 Å². The summed E-state index contributed by atoms with van der Waals surface area (Å²) in [5.74, 6) is -1.19. The molecule has 0 saturated heterocycles. The lowest BCUT2D eigenvalue weighted by atomic mass is 9.79. The molecule has 5 aromatic rings. The average Bonchev–Trinajstić information content (AvgIpc) is 3.20. The second-order valence-corrected chi connectivity index (χ2v) is 14.5. The smallest absolute Gasteiger partial charge is 0.131 e. The molecule has 1 aliphatic rings. The highest BCUT2D eigenvalue weighted by atomic mass is 79.9. The third kappa shape index (κ3) is 5.60. The van der Waals surface area contributed by atoms with Crippen molar-refractivity contribution in [3.05, 3.63) is 175 Å². The first-order valence-corrected chi connectivity index (χ1v) is 16.5. The summed E-state index contributed by atoms with van der Waals surface area (Å²) in [5.41, 5.74) is 16.3. The van der Waals surface area contributed by atoms with Crippen LogP contribution in [-0.4, -0.2) is 0 Å². The first kappa shape index (κ1) is 31.9. The van der Waals surface area contributed by atoms with E-state index in [9.17, 15) is 0 Å². The summed E-state index contributed by atoms with van der Waals surface area (Å²) in [6.07, 6.45) is 0. The highest BCUT2D eigenvalue weighted by Crippen LogP contribution is 2.66. The van der Waals surface area contributed by atoms with E-state index >= 15 is 8.78 Å². The lowest BCUT2D eigenvalue weighted by molar-refractivity contribution is 0.555. The third-order valence-electron chi connectivity index (χ3n) is 8.79. The third-order valence-corrected chi connectivity index (χ3v) is 9.98. The normalized spacial score (nSPS) is 14.4. The molecule has 1 aliphatic carbocycles. The fraction of sp³-hybridized carbons (Fsp3) is 0.209. The SMILES string of the molecule is Cc1cc(C)cc(C2=C(c3cc(C)cc(C)c3)C(Br)(c3c(F)cccc3F)C(c3cc(C)cc(C)c3)=C2c2cc(C)cc(C)c2)c1. The summed E-state index contributed by atoms with van der Waals surface area (Å²) in [5, 5.41) is 0. The Labute approximate surface area is 280 Å². The Morgan fingerprint density at radius 1 is 0.413 bits per heavy atom. The molecule has 0 radical (unpaired) electrons. The number of hydrogen-bond donors (Lipinski definition) is 0. The van der Waals surface area contributed by atoms with Crippen molar-refractivity contribution in [3.63, 3.8) is 0 Å². The topological polar surface area (TPSA) is 0 Å². The molecule has 3 heteroatoms. The van der Waals surface area contributed by atoms with Crippen LogP contribution in [-0.2, 0) is 4.32 Å². The van der Waals surface area contributed by atoms with Crippen LogP contribution in [0.2, 0.25) is 0 Å². The number of benzene rings is 5. The van der Waals surface area contributed by atoms with Gasteiger partial charge >= 0.3 is 0 Å². The van der Waals surface area contributed by atoms with Gasteiger partial charge in [0.2, 0.25) is 0 Å². The van der Waals surface area contributed by atoms with Gasteiger partial charge in [0, 0.05) is 5.56 Å². The Morgan fingerprint density at radius 3 is 0.957 bits per heavy atom. The molecule has 0 atom stereocenters. The molecule has 5 aromatic carbocycles. The molecule has 0 bridgehead atoms. The Balaban J connectivity index is 1.95. The zero-order valence-corrected chi connectivity index (χ0v) is 29.4. The Kier molecular flexibility index (Phi) is 8.27. The molecule has 6 rings (SSSR count). The Hall–Kier alpha value is -4.08. The van der Waals surface area contributed by atoms with E-state index in [1.807, 2.05) is 0 Å². The molecule has 0 saturated carbocycles. The van der Waals surface area contributed by atoms with E-state index in [0.717, 1.165) is 89.1 Å². The lowest BCUT2D eigenvalue weighted by Crippen LogP contribution is -2.24. The maximum Gasteiger partial charge on any atom is 0.131 e. The van der Waals surface area contributed by atoms with Crippen molar-refractivity contribution < 1.29 is 8.78 Å². The quantitative estimate of drug-likeness (QED) is 0.163. The summed E-state index contributed by atoms with van der Waals surface area (Å²) < 4.78 is 31.5. The van der Waals surface area contributed by atoms with Crippen molar-refractivity contribution in [1.29, 1.82) is 0 Å². The van der Waals surface area contributed by atoms with Crippen LogP contribution in [0.4, 0.5) is 8.78 Å². The maximum absolute atomic E-state index is 16.4. The molecule has 0 fully saturated rings. The van der Waals surface area contributed by atoms with Crippen LogP contribution < -0.4 is 0 Å². The molecular formula is C43H39BrF2. The van der Waals surface area contributed by atoms with Crippen molar-refractivity contribution in [1.82, 2.24) is 0 Å². The minimum Gasteiger partial charge on any atom is -0.207 e. The average molecular weight is 674 g/mol. The minimum atomic E-state index is -1.37. The lowest BCUT2D eigenvalue weighted by Gasteiger charge is -2.33. The van der Waals surface area contributed by atoms with Gasteiger partial charge < -0.3 is 0 Å². The van der Waals surface area contributed by atoms with Crippen molar-refractivity contribution in [3.8, 4) is 0 Å². The largest absolute Gasteiger partial charge is 0.207 e. The van der Waals surface area contributed by atoms with E-state index in [0.29, 0.717) is 0 Å². The molecule has 0 aromatic heterocycles. The van der Waals surface area contributed by atoms with Crippen LogP contribution in [0.3, 0.4) is 0 Å². The van der Waals surface area contributed by atoms with Crippen LogP contribution in [0, 0.1) is 67.0 Å². The van der Waals surface area contributed by atoms with Gasteiger partial charge in [-0.1, -0.05) is 139 Å². The van der Waals surface area contributed by atoms with Gasteiger partial charge in [0.05, 0.1) is 0 Å². The standard InChI is InChI=1S/C43H39BrF2/c1-24-12-25(2)17-32(16-24)38-39(33-18-26(3)13-27(4)19-33)41(35-22-30(7)15-31(8)23-35)43(44,42-36(45)10-9-11-37(42)46)40(38)34-20-28(5)14-29(6)21-34/h9-23H,1-8H3. The number of halogens is 3. The molecule has 0 amide bonds. The molecule has 232 valence electrons. The van der Waals surface area contributed by atoms with E-state index in [1.165, 1.54) is 18.2 Å². The van der Waals surface area contributed by atoms with E-state index in [1.54, 1.807) is 0 Å². The number of hydrogen-bond acceptors (Lipinski definition) is 0. The van der Waals surface area contributed by atoms with Gasteiger partial charge in [-0.15, -0.1) is 0 Å². The zero-order valence-electron chi connectivity index (χ0n) is 27.8. The Bertz CT molecular complexity index is 1890. The molecular weight excluding hydrogens is 634 g/mol. The summed E-state index contributed by atoms with van der Waals surface area (Å²) in [7, 11) is 0. The predicted octanol–water partition coefficient (Wildman–Crippen LogP) is 12.3. The molecule has 0 N–H and O–H groups in total. The van der Waals surface area contributed by atoms with Crippen LogP contribution in [0.1, 0.15) is 72.3 Å². The fourth-order valence-electron chi connectivity index (χ4n) is 7.54. The van der Waals surface area contributed by atoms with Gasteiger partial charge in [-0.25, -0.2) is 8.78 Å². The summed E-state index contributed by atoms with van der Waals surface area (Å²) in [6, 6.07) is 30.1. The zero-order chi connectivity index (χ0) is 33.1. The molecule has 0 unspecified atom stereocenters. The first-order valence-electron chi connectivity index (χ1n) is 15.7. The number of allylic oxidation sites excluding steroid dienone is 4. The predicted molar refractivity (Wildman–Crippen MR) is 194 cm³/mol. The molecule has 0 nitrogen and oxygen atoms in total. The maximum atomic E-state index is 16.4. The van der Waals surface area contributed by atoms with Gasteiger partial charge in [-0.05, 0) is 112 Å². The van der Waals surface area contributed by atoms with E-state index in [2.05, 4.69) is 144 Å². The van der Waals surface area contributed by atoms with Crippen molar-refractivity contribution in [2.75, 3.05) is 0 Å². The highest BCUT2D eigenvalue weighted by molar-refractivity contribution is 9.10. The summed E-state index contributed by atoms with van der Waals surface area (Å²) >= 11 is 4.21. The first-order chi connectivity index (χ1) is 21.8. The van der Waals surface area contributed by atoms with Gasteiger partial charge in [0.1, 0.15) is 16.0 Å². The summed E-state index contributed by atoms with van der Waals surface area (Å²) in [6.45, 7) is 16.7. The van der Waals surface area contributed by atoms with Gasteiger partial charge in [0.15, 0.2) is 0 Å². The van der Waals surface area contributed by atoms with E-state index < -0.39 is 16.0 Å². The minimum absolute atomic E-state index is 0.0143. The Morgan fingerprint density at radius 2 is 0.674 bits per heavy atom. The second-order valence-electron chi connectivity index (χ2n) is 13.3. The van der Waals surface area contributed by atoms with Crippen LogP contribution in [0.15, 0.2) is 91.0 Å². The van der Waals surface area contributed by atoms with Gasteiger partial charge in [0.25, 0.3) is 0 Å². The molecule has 0 spiro atoms. The second kappa shape index (κ2) is 11.9. The molecule has 0 heterocycles. The molecule has 0 aliphatic heterocycles. The number of rotatable bonds is 5. The highest BCUT2D eigenvalue weighted by Gasteiger charge is 2.51. The van der Waals surface area contributed by atoms with E-state index in [-0.39, 0.29) is 5.56 Å². The van der Waals surface area contributed by atoms with Gasteiger partial charge in [-0.3, -0.25) is 0 Å². The number of aryl methyl sites for hydroxylation is 8. The van der Waals surface area contributed by atoms with Crippen LogP contribution in [0.25, 0.3) is 22.3 Å². The van der Waals surface area contributed by atoms with Crippen molar-refractivity contribution in [2.45, 2.75) is 59.7 Å².